The van der Waals surface area contributed by atoms with Crippen LogP contribution in [0, 0.1) is 0 Å². The van der Waals surface area contributed by atoms with Gasteiger partial charge in [-0.15, -0.1) is 11.6 Å². The van der Waals surface area contributed by atoms with Gasteiger partial charge in [-0.3, -0.25) is 9.59 Å². The Balaban J connectivity index is 1.91. The van der Waals surface area contributed by atoms with Gasteiger partial charge < -0.3 is 19.8 Å². The molecule has 0 aliphatic rings. The summed E-state index contributed by atoms with van der Waals surface area (Å²) in [5, 5.41) is 6.12. The summed E-state index contributed by atoms with van der Waals surface area (Å²) < 4.78 is 10.8. The first-order chi connectivity index (χ1) is 12.6. The zero-order chi connectivity index (χ0) is 18.5. The highest BCUT2D eigenvalue weighted by Crippen LogP contribution is 2.31. The molecule has 0 atom stereocenters. The van der Waals surface area contributed by atoms with E-state index < -0.39 is 5.91 Å². The lowest BCUT2D eigenvalue weighted by Crippen LogP contribution is -2.17. The third-order valence-electron chi connectivity index (χ3n) is 3.74. The van der Waals surface area contributed by atoms with Crippen LogP contribution >= 0.6 is 11.6 Å². The molecule has 0 bridgehead atoms. The first-order valence-electron chi connectivity index (χ1n) is 7.95. The van der Waals surface area contributed by atoms with E-state index in [0.29, 0.717) is 28.1 Å². The molecule has 0 unspecified atom stereocenters. The van der Waals surface area contributed by atoms with Crippen molar-refractivity contribution in [2.24, 2.45) is 0 Å². The fourth-order valence-electron chi connectivity index (χ4n) is 2.48. The van der Waals surface area contributed by atoms with Gasteiger partial charge in [-0.05, 0) is 36.4 Å². The van der Waals surface area contributed by atoms with Crippen LogP contribution in [-0.2, 0) is 4.79 Å². The maximum atomic E-state index is 12.7. The minimum absolute atomic E-state index is 0.0324. The fraction of sp³-hybridized carbons (Fsp3) is 0.158. The number of hydrogen-bond acceptors (Lipinski definition) is 4. The molecule has 2 N–H and O–H groups in total. The van der Waals surface area contributed by atoms with Crippen LogP contribution < -0.4 is 15.4 Å². The van der Waals surface area contributed by atoms with Crippen molar-refractivity contribution in [2.75, 3.05) is 23.6 Å². The molecule has 2 amide bonds. The second kappa shape index (κ2) is 7.93. The van der Waals surface area contributed by atoms with Crippen LogP contribution in [0.5, 0.6) is 5.75 Å². The predicted molar refractivity (Wildman–Crippen MR) is 101 cm³/mol. The van der Waals surface area contributed by atoms with Crippen molar-refractivity contribution in [2.45, 2.75) is 6.42 Å². The summed E-state index contributed by atoms with van der Waals surface area (Å²) >= 11 is 5.62. The summed E-state index contributed by atoms with van der Waals surface area (Å²) in [6, 6.07) is 14.0. The molecule has 7 heteroatoms. The van der Waals surface area contributed by atoms with Crippen molar-refractivity contribution >= 4 is 45.8 Å². The Morgan fingerprint density at radius 3 is 2.50 bits per heavy atom. The van der Waals surface area contributed by atoms with E-state index >= 15 is 0 Å². The van der Waals surface area contributed by atoms with E-state index in [2.05, 4.69) is 10.6 Å². The smallest absolute Gasteiger partial charge is 0.293 e. The van der Waals surface area contributed by atoms with E-state index in [-0.39, 0.29) is 24.0 Å². The fourth-order valence-corrected chi connectivity index (χ4v) is 2.65. The number of para-hydroxylation sites is 1. The topological polar surface area (TPSA) is 80.6 Å². The van der Waals surface area contributed by atoms with Gasteiger partial charge in [0.05, 0.1) is 7.11 Å². The number of benzene rings is 2. The standard InChI is InChI=1S/C19H17ClN2O4/c1-25-13-8-6-12(7-9-13)21-19(24)18-17(22-16(23)10-11-20)14-4-2-3-5-15(14)26-18/h2-9H,10-11H2,1H3,(H,21,24)(H,22,23). The molecule has 3 aromatic rings. The second-order valence-electron chi connectivity index (χ2n) is 5.47. The van der Waals surface area contributed by atoms with Crippen LogP contribution in [0.15, 0.2) is 52.9 Å². The van der Waals surface area contributed by atoms with Gasteiger partial charge in [-0.2, -0.15) is 0 Å². The molecule has 0 aliphatic carbocycles. The lowest BCUT2D eigenvalue weighted by Gasteiger charge is -2.07. The quantitative estimate of drug-likeness (QED) is 0.633. The normalized spacial score (nSPS) is 10.5. The number of carbonyl (C=O) groups excluding carboxylic acids is 2. The largest absolute Gasteiger partial charge is 0.497 e. The molecule has 0 fully saturated rings. The molecule has 0 aliphatic heterocycles. The molecule has 26 heavy (non-hydrogen) atoms. The zero-order valence-electron chi connectivity index (χ0n) is 14.0. The molecule has 3 rings (SSSR count). The van der Waals surface area contributed by atoms with Crippen LogP contribution in [-0.4, -0.2) is 24.8 Å². The second-order valence-corrected chi connectivity index (χ2v) is 5.85. The maximum Gasteiger partial charge on any atom is 0.293 e. The van der Waals surface area contributed by atoms with E-state index in [4.69, 9.17) is 20.8 Å². The van der Waals surface area contributed by atoms with Crippen LogP contribution in [0.25, 0.3) is 11.0 Å². The Kier molecular flexibility index (Phi) is 5.43. The van der Waals surface area contributed by atoms with Crippen molar-refractivity contribution in [3.05, 3.63) is 54.3 Å². The van der Waals surface area contributed by atoms with Crippen LogP contribution in [0.3, 0.4) is 0 Å². The average Bonchev–Trinajstić information content (AvgIpc) is 3.01. The van der Waals surface area contributed by atoms with Gasteiger partial charge in [0.25, 0.3) is 5.91 Å². The van der Waals surface area contributed by atoms with Crippen molar-refractivity contribution < 1.29 is 18.7 Å². The summed E-state index contributed by atoms with van der Waals surface area (Å²) in [5.74, 6) is 0.151. The maximum absolute atomic E-state index is 12.7. The first-order valence-corrected chi connectivity index (χ1v) is 8.48. The number of fused-ring (bicyclic) bond motifs is 1. The number of furan rings is 1. The summed E-state index contributed by atoms with van der Waals surface area (Å²) in [6.45, 7) is 0. The van der Waals surface area contributed by atoms with Gasteiger partial charge in [0, 0.05) is 23.4 Å². The Hall–Kier alpha value is -2.99. The van der Waals surface area contributed by atoms with Crippen LogP contribution in [0.1, 0.15) is 17.0 Å². The van der Waals surface area contributed by atoms with Crippen molar-refractivity contribution in [1.29, 1.82) is 0 Å². The number of methoxy groups -OCH3 is 1. The lowest BCUT2D eigenvalue weighted by molar-refractivity contribution is -0.115. The molecular weight excluding hydrogens is 356 g/mol. The summed E-state index contributed by atoms with van der Waals surface area (Å²) in [7, 11) is 1.57. The van der Waals surface area contributed by atoms with E-state index in [1.54, 1.807) is 55.6 Å². The molecule has 0 spiro atoms. The molecule has 0 saturated heterocycles. The van der Waals surface area contributed by atoms with Gasteiger partial charge in [0.1, 0.15) is 17.0 Å². The molecule has 2 aromatic carbocycles. The number of rotatable bonds is 6. The van der Waals surface area contributed by atoms with Crippen molar-refractivity contribution in [3.63, 3.8) is 0 Å². The van der Waals surface area contributed by atoms with Gasteiger partial charge in [0.2, 0.25) is 11.7 Å². The summed E-state index contributed by atoms with van der Waals surface area (Å²) in [5.41, 5.74) is 1.42. The predicted octanol–water partition coefficient (Wildman–Crippen LogP) is 4.26. The Bertz CT molecular complexity index is 934. The highest BCUT2D eigenvalue weighted by Gasteiger charge is 2.22. The first kappa shape index (κ1) is 17.8. The van der Waals surface area contributed by atoms with Gasteiger partial charge >= 0.3 is 0 Å². The minimum atomic E-state index is -0.465. The molecular formula is C19H17ClN2O4. The van der Waals surface area contributed by atoms with E-state index in [1.807, 2.05) is 0 Å². The average molecular weight is 373 g/mol. The number of ether oxygens (including phenoxy) is 1. The highest BCUT2D eigenvalue weighted by molar-refractivity contribution is 6.20. The highest BCUT2D eigenvalue weighted by atomic mass is 35.5. The van der Waals surface area contributed by atoms with E-state index in [9.17, 15) is 9.59 Å². The van der Waals surface area contributed by atoms with Gasteiger partial charge in [0.15, 0.2) is 0 Å². The minimum Gasteiger partial charge on any atom is -0.497 e. The molecule has 134 valence electrons. The number of carbonyl (C=O) groups is 2. The van der Waals surface area contributed by atoms with E-state index in [1.165, 1.54) is 0 Å². The number of halogens is 1. The van der Waals surface area contributed by atoms with Crippen LogP contribution in [0.4, 0.5) is 11.4 Å². The third kappa shape index (κ3) is 3.81. The molecule has 1 aromatic heterocycles. The number of amides is 2. The van der Waals surface area contributed by atoms with Gasteiger partial charge in [-0.25, -0.2) is 0 Å². The molecule has 0 saturated carbocycles. The van der Waals surface area contributed by atoms with Crippen LogP contribution in [0.2, 0.25) is 0 Å². The summed E-state index contributed by atoms with van der Waals surface area (Å²) in [6.07, 6.45) is 0.139. The third-order valence-corrected chi connectivity index (χ3v) is 3.92. The molecule has 6 nitrogen and oxygen atoms in total. The number of hydrogen-bond donors (Lipinski definition) is 2. The van der Waals surface area contributed by atoms with E-state index in [0.717, 1.165) is 0 Å². The van der Waals surface area contributed by atoms with Crippen molar-refractivity contribution in [3.8, 4) is 5.75 Å². The van der Waals surface area contributed by atoms with Crippen molar-refractivity contribution in [1.82, 2.24) is 0 Å². The Labute approximate surface area is 155 Å². The zero-order valence-corrected chi connectivity index (χ0v) is 14.8. The van der Waals surface area contributed by atoms with Gasteiger partial charge in [-0.1, -0.05) is 12.1 Å². The summed E-state index contributed by atoms with van der Waals surface area (Å²) in [4.78, 5) is 24.7. The Morgan fingerprint density at radius 2 is 1.81 bits per heavy atom. The Morgan fingerprint density at radius 1 is 1.08 bits per heavy atom. The number of nitrogens with one attached hydrogen (secondary N) is 2. The number of alkyl halides is 1. The monoisotopic (exact) mass is 372 g/mol. The SMILES string of the molecule is COc1ccc(NC(=O)c2oc3ccccc3c2NC(=O)CCCl)cc1. The molecule has 1 heterocycles. The lowest BCUT2D eigenvalue weighted by atomic mass is 10.2. The molecule has 0 radical (unpaired) electrons. The number of anilines is 2.